The topological polar surface area (TPSA) is 55.0 Å². The van der Waals surface area contributed by atoms with Gasteiger partial charge in [0, 0.05) is 12.1 Å². The zero-order valence-electron chi connectivity index (χ0n) is 10.3. The Bertz CT molecular complexity index is 345. The monoisotopic (exact) mass is 224 g/mol. The second-order valence-electron chi connectivity index (χ2n) is 3.83. The molecule has 1 N–H and O–H groups in total. The molecule has 0 amide bonds. The summed E-state index contributed by atoms with van der Waals surface area (Å²) in [6, 6.07) is 0. The third-order valence-corrected chi connectivity index (χ3v) is 2.42. The second-order valence-corrected chi connectivity index (χ2v) is 3.83. The first-order valence-corrected chi connectivity index (χ1v) is 5.91. The Labute approximate surface area is 96.4 Å². The maximum Gasteiger partial charge on any atom is 0.358 e. The molecule has 1 aromatic rings. The highest BCUT2D eigenvalue weighted by atomic mass is 16.5. The predicted molar refractivity (Wildman–Crippen MR) is 62.5 cm³/mol. The molecule has 0 saturated carbocycles. The highest BCUT2D eigenvalue weighted by Gasteiger charge is 2.15. The van der Waals surface area contributed by atoms with Crippen molar-refractivity contribution in [3.8, 4) is 0 Å². The lowest BCUT2D eigenvalue weighted by Gasteiger charge is -1.97. The zero-order chi connectivity index (χ0) is 12.0. The number of ether oxygens (including phenoxy) is 1. The summed E-state index contributed by atoms with van der Waals surface area (Å²) in [6.45, 7) is 6.19. The molecule has 0 fully saturated rings. The van der Waals surface area contributed by atoms with Crippen molar-refractivity contribution < 1.29 is 9.53 Å². The molecular weight excluding hydrogens is 204 g/mol. The van der Waals surface area contributed by atoms with E-state index in [4.69, 9.17) is 4.74 Å². The van der Waals surface area contributed by atoms with Crippen LogP contribution in [0.4, 0.5) is 0 Å². The normalized spacial score (nSPS) is 10.4. The van der Waals surface area contributed by atoms with Crippen molar-refractivity contribution in [3.63, 3.8) is 0 Å². The SMILES string of the molecule is CCCCCc1nc(C(=O)OCC)c(C)[nH]1. The average Bonchev–Trinajstić information content (AvgIpc) is 2.61. The minimum atomic E-state index is -0.335. The number of hydrogen-bond acceptors (Lipinski definition) is 3. The van der Waals surface area contributed by atoms with Crippen LogP contribution in [0.1, 0.15) is 55.1 Å². The average molecular weight is 224 g/mol. The van der Waals surface area contributed by atoms with Crippen LogP contribution in [-0.4, -0.2) is 22.5 Å². The number of unbranched alkanes of at least 4 members (excludes halogenated alkanes) is 2. The van der Waals surface area contributed by atoms with Gasteiger partial charge in [0.05, 0.1) is 6.61 Å². The fourth-order valence-electron chi connectivity index (χ4n) is 1.58. The van der Waals surface area contributed by atoms with E-state index < -0.39 is 0 Å². The Kier molecular flexibility index (Phi) is 5.02. The fraction of sp³-hybridized carbons (Fsp3) is 0.667. The number of nitrogens with zero attached hydrogens (tertiary/aromatic N) is 1. The van der Waals surface area contributed by atoms with Crippen LogP contribution in [0.15, 0.2) is 0 Å². The third kappa shape index (κ3) is 3.36. The number of aromatic amines is 1. The van der Waals surface area contributed by atoms with Crippen molar-refractivity contribution in [1.29, 1.82) is 0 Å². The van der Waals surface area contributed by atoms with Crippen LogP contribution in [-0.2, 0) is 11.2 Å². The quantitative estimate of drug-likeness (QED) is 0.597. The number of carbonyl (C=O) groups excluding carboxylic acids is 1. The molecule has 0 aliphatic heterocycles. The van der Waals surface area contributed by atoms with Crippen molar-refractivity contribution in [2.75, 3.05) is 6.61 Å². The van der Waals surface area contributed by atoms with E-state index in [0.717, 1.165) is 24.4 Å². The molecule has 0 radical (unpaired) electrons. The molecule has 0 aliphatic carbocycles. The zero-order valence-corrected chi connectivity index (χ0v) is 10.3. The van der Waals surface area contributed by atoms with Crippen molar-refractivity contribution in [2.45, 2.75) is 46.5 Å². The molecule has 0 aromatic carbocycles. The molecule has 1 heterocycles. The highest BCUT2D eigenvalue weighted by Crippen LogP contribution is 2.09. The lowest BCUT2D eigenvalue weighted by molar-refractivity contribution is 0.0519. The molecule has 4 heteroatoms. The number of hydrogen-bond donors (Lipinski definition) is 1. The molecule has 0 aliphatic rings. The van der Waals surface area contributed by atoms with Gasteiger partial charge in [0.25, 0.3) is 0 Å². The fourth-order valence-corrected chi connectivity index (χ4v) is 1.58. The van der Waals surface area contributed by atoms with Gasteiger partial charge in [0.15, 0.2) is 5.69 Å². The van der Waals surface area contributed by atoms with Crippen molar-refractivity contribution in [1.82, 2.24) is 9.97 Å². The summed E-state index contributed by atoms with van der Waals surface area (Å²) >= 11 is 0. The van der Waals surface area contributed by atoms with Crippen molar-refractivity contribution in [3.05, 3.63) is 17.2 Å². The second kappa shape index (κ2) is 6.30. The molecule has 0 unspecified atom stereocenters. The predicted octanol–water partition coefficient (Wildman–Crippen LogP) is 2.63. The van der Waals surface area contributed by atoms with Gasteiger partial charge in [-0.1, -0.05) is 19.8 Å². The summed E-state index contributed by atoms with van der Waals surface area (Å²) in [7, 11) is 0. The first kappa shape index (κ1) is 12.7. The Morgan fingerprint density at radius 1 is 1.38 bits per heavy atom. The van der Waals surface area contributed by atoms with E-state index in [1.807, 2.05) is 6.92 Å². The Morgan fingerprint density at radius 2 is 2.12 bits per heavy atom. The number of aromatic nitrogens is 2. The Hall–Kier alpha value is -1.32. The highest BCUT2D eigenvalue weighted by molar-refractivity contribution is 5.88. The first-order valence-electron chi connectivity index (χ1n) is 5.91. The van der Waals surface area contributed by atoms with Gasteiger partial charge in [-0.2, -0.15) is 0 Å². The minimum Gasteiger partial charge on any atom is -0.461 e. The molecule has 16 heavy (non-hydrogen) atoms. The minimum absolute atomic E-state index is 0.335. The van der Waals surface area contributed by atoms with Crippen molar-refractivity contribution in [2.24, 2.45) is 0 Å². The van der Waals surface area contributed by atoms with Gasteiger partial charge in [-0.25, -0.2) is 9.78 Å². The number of carbonyl (C=O) groups is 1. The molecule has 0 saturated heterocycles. The van der Waals surface area contributed by atoms with Crippen LogP contribution in [0.5, 0.6) is 0 Å². The van der Waals surface area contributed by atoms with Gasteiger partial charge in [-0.3, -0.25) is 0 Å². The number of H-pyrrole nitrogens is 1. The summed E-state index contributed by atoms with van der Waals surface area (Å²) < 4.78 is 4.93. The van der Waals surface area contributed by atoms with E-state index >= 15 is 0 Å². The largest absolute Gasteiger partial charge is 0.461 e. The summed E-state index contributed by atoms with van der Waals surface area (Å²) in [6.07, 6.45) is 4.37. The molecule has 1 aromatic heterocycles. The van der Waals surface area contributed by atoms with Gasteiger partial charge in [0.2, 0.25) is 0 Å². The molecule has 90 valence electrons. The summed E-state index contributed by atoms with van der Waals surface area (Å²) in [4.78, 5) is 18.9. The summed E-state index contributed by atoms with van der Waals surface area (Å²) in [5.41, 5.74) is 1.22. The summed E-state index contributed by atoms with van der Waals surface area (Å²) in [5.74, 6) is 0.548. The van der Waals surface area contributed by atoms with E-state index in [0.29, 0.717) is 12.3 Å². The standard InChI is InChI=1S/C12H20N2O2/c1-4-6-7-8-10-13-9(3)11(14-10)12(15)16-5-2/h4-8H2,1-3H3,(H,13,14). The lowest BCUT2D eigenvalue weighted by Crippen LogP contribution is -2.06. The number of esters is 1. The number of aryl methyl sites for hydroxylation is 2. The van der Waals surface area contributed by atoms with Crippen molar-refractivity contribution >= 4 is 5.97 Å². The molecule has 0 spiro atoms. The number of rotatable bonds is 6. The van der Waals surface area contributed by atoms with Crippen LogP contribution < -0.4 is 0 Å². The number of nitrogens with one attached hydrogen (secondary N) is 1. The van der Waals surface area contributed by atoms with Gasteiger partial charge in [0.1, 0.15) is 5.82 Å². The molecule has 1 rings (SSSR count). The molecular formula is C12H20N2O2. The number of imidazole rings is 1. The van der Waals surface area contributed by atoms with Crippen LogP contribution in [0, 0.1) is 6.92 Å². The van der Waals surface area contributed by atoms with Crippen LogP contribution in [0.2, 0.25) is 0 Å². The van der Waals surface area contributed by atoms with E-state index in [1.165, 1.54) is 12.8 Å². The third-order valence-electron chi connectivity index (χ3n) is 2.42. The van der Waals surface area contributed by atoms with Crippen LogP contribution in [0.3, 0.4) is 0 Å². The van der Waals surface area contributed by atoms with E-state index in [2.05, 4.69) is 16.9 Å². The Balaban J connectivity index is 2.62. The van der Waals surface area contributed by atoms with Gasteiger partial charge in [-0.05, 0) is 20.3 Å². The van der Waals surface area contributed by atoms with Crippen LogP contribution in [0.25, 0.3) is 0 Å². The molecule has 0 atom stereocenters. The molecule has 4 nitrogen and oxygen atoms in total. The lowest BCUT2D eigenvalue weighted by atomic mass is 10.2. The smallest absolute Gasteiger partial charge is 0.358 e. The van der Waals surface area contributed by atoms with Gasteiger partial charge in [-0.15, -0.1) is 0 Å². The summed E-state index contributed by atoms with van der Waals surface area (Å²) in [5, 5.41) is 0. The maximum atomic E-state index is 11.5. The first-order chi connectivity index (χ1) is 7.69. The van der Waals surface area contributed by atoms with E-state index in [-0.39, 0.29) is 5.97 Å². The Morgan fingerprint density at radius 3 is 2.75 bits per heavy atom. The van der Waals surface area contributed by atoms with E-state index in [9.17, 15) is 4.79 Å². The van der Waals surface area contributed by atoms with Gasteiger partial charge >= 0.3 is 5.97 Å². The maximum absolute atomic E-state index is 11.5. The van der Waals surface area contributed by atoms with Gasteiger partial charge < -0.3 is 9.72 Å². The van der Waals surface area contributed by atoms with Crippen LogP contribution >= 0.6 is 0 Å². The van der Waals surface area contributed by atoms with E-state index in [1.54, 1.807) is 6.92 Å². The molecule has 0 bridgehead atoms.